The second-order valence-electron chi connectivity index (χ2n) is 9.52. The SMILES string of the molecule is COc1ccc(CC(=O)Nc2ccc(Cl)c(CN(C(=O)c3ccc(C#N)cc3)C3CCCCC3N)c2)cc1. The molecule has 0 aliphatic heterocycles. The van der Waals surface area contributed by atoms with Crippen LogP contribution in [0.2, 0.25) is 5.02 Å². The van der Waals surface area contributed by atoms with E-state index in [9.17, 15) is 9.59 Å². The summed E-state index contributed by atoms with van der Waals surface area (Å²) in [6.07, 6.45) is 3.88. The summed E-state index contributed by atoms with van der Waals surface area (Å²) >= 11 is 6.57. The fraction of sp³-hybridized carbons (Fsp3) is 0.300. The number of nitrogens with two attached hydrogens (primary N) is 1. The summed E-state index contributed by atoms with van der Waals surface area (Å²) in [5.41, 5.74) is 9.64. The molecule has 1 aliphatic rings. The minimum Gasteiger partial charge on any atom is -0.497 e. The number of hydrogen-bond acceptors (Lipinski definition) is 5. The molecule has 2 unspecified atom stereocenters. The van der Waals surface area contributed by atoms with Crippen molar-refractivity contribution in [2.75, 3.05) is 12.4 Å². The van der Waals surface area contributed by atoms with E-state index in [0.29, 0.717) is 27.4 Å². The Labute approximate surface area is 228 Å². The fourth-order valence-corrected chi connectivity index (χ4v) is 4.99. The Bertz CT molecular complexity index is 1320. The van der Waals surface area contributed by atoms with E-state index in [0.717, 1.165) is 37.0 Å². The second kappa shape index (κ2) is 12.6. The molecule has 7 nitrogen and oxygen atoms in total. The molecule has 1 saturated carbocycles. The Hall–Kier alpha value is -3.86. The molecule has 4 rings (SSSR count). The number of halogens is 1. The molecule has 3 aromatic carbocycles. The van der Waals surface area contributed by atoms with Crippen LogP contribution in [-0.4, -0.2) is 35.9 Å². The maximum atomic E-state index is 13.7. The predicted octanol–water partition coefficient (Wildman–Crippen LogP) is 5.31. The van der Waals surface area contributed by atoms with Gasteiger partial charge in [-0.1, -0.05) is 36.6 Å². The molecule has 1 aliphatic carbocycles. The van der Waals surface area contributed by atoms with Crippen molar-refractivity contribution in [2.24, 2.45) is 5.73 Å². The highest BCUT2D eigenvalue weighted by molar-refractivity contribution is 6.31. The van der Waals surface area contributed by atoms with E-state index < -0.39 is 0 Å². The first-order valence-electron chi connectivity index (χ1n) is 12.7. The van der Waals surface area contributed by atoms with Gasteiger partial charge < -0.3 is 20.7 Å². The molecule has 0 radical (unpaired) electrons. The van der Waals surface area contributed by atoms with Crippen molar-refractivity contribution < 1.29 is 14.3 Å². The third-order valence-corrected chi connectivity index (χ3v) is 7.27. The van der Waals surface area contributed by atoms with Crippen LogP contribution in [0.25, 0.3) is 0 Å². The Morgan fingerprint density at radius 3 is 2.45 bits per heavy atom. The van der Waals surface area contributed by atoms with E-state index in [-0.39, 0.29) is 36.9 Å². The molecule has 0 aromatic heterocycles. The van der Waals surface area contributed by atoms with Gasteiger partial charge >= 0.3 is 0 Å². The normalized spacial score (nSPS) is 16.8. The summed E-state index contributed by atoms with van der Waals surface area (Å²) in [5.74, 6) is 0.402. The molecule has 38 heavy (non-hydrogen) atoms. The summed E-state index contributed by atoms with van der Waals surface area (Å²) < 4.78 is 5.17. The third-order valence-electron chi connectivity index (χ3n) is 6.90. The van der Waals surface area contributed by atoms with Gasteiger partial charge in [0, 0.05) is 34.9 Å². The highest BCUT2D eigenvalue weighted by Crippen LogP contribution is 2.29. The number of rotatable bonds is 8. The van der Waals surface area contributed by atoms with Gasteiger partial charge in [-0.25, -0.2) is 0 Å². The summed E-state index contributed by atoms with van der Waals surface area (Å²) in [5, 5.41) is 12.6. The molecule has 3 N–H and O–H groups in total. The number of carbonyl (C=O) groups is 2. The molecule has 1 fully saturated rings. The lowest BCUT2D eigenvalue weighted by atomic mass is 9.89. The van der Waals surface area contributed by atoms with Crippen LogP contribution in [0.3, 0.4) is 0 Å². The molecule has 3 aromatic rings. The topological polar surface area (TPSA) is 108 Å². The van der Waals surface area contributed by atoms with Crippen LogP contribution in [0.1, 0.15) is 52.7 Å². The summed E-state index contributed by atoms with van der Waals surface area (Å²) in [6, 6.07) is 21.0. The Kier molecular flexibility index (Phi) is 9.01. The number of anilines is 1. The Morgan fingerprint density at radius 1 is 1.08 bits per heavy atom. The standard InChI is InChI=1S/C30H31ClN4O3/c1-38-25-13-8-20(9-14-25)16-29(36)34-24-12-15-26(31)23(17-24)19-35(28-5-3-2-4-27(28)33)30(37)22-10-6-21(18-32)7-11-22/h6-15,17,27-28H,2-5,16,19,33H2,1H3,(H,34,36). The first kappa shape index (κ1) is 27.2. The maximum Gasteiger partial charge on any atom is 0.254 e. The van der Waals surface area contributed by atoms with Gasteiger partial charge in [0.1, 0.15) is 5.75 Å². The minimum atomic E-state index is -0.165. The van der Waals surface area contributed by atoms with Crippen LogP contribution in [0.4, 0.5) is 5.69 Å². The van der Waals surface area contributed by atoms with Crippen molar-refractivity contribution in [1.29, 1.82) is 5.26 Å². The number of ether oxygens (including phenoxy) is 1. The highest BCUT2D eigenvalue weighted by atomic mass is 35.5. The smallest absolute Gasteiger partial charge is 0.254 e. The molecule has 2 amide bonds. The average Bonchev–Trinajstić information content (AvgIpc) is 2.94. The van der Waals surface area contributed by atoms with Crippen molar-refractivity contribution in [3.05, 3.63) is 94.0 Å². The van der Waals surface area contributed by atoms with E-state index in [2.05, 4.69) is 11.4 Å². The van der Waals surface area contributed by atoms with Crippen molar-refractivity contribution in [3.63, 3.8) is 0 Å². The summed E-state index contributed by atoms with van der Waals surface area (Å²) in [6.45, 7) is 0.248. The number of nitriles is 1. The van der Waals surface area contributed by atoms with Gasteiger partial charge in [0.15, 0.2) is 0 Å². The fourth-order valence-electron chi connectivity index (χ4n) is 4.81. The first-order chi connectivity index (χ1) is 18.4. The van der Waals surface area contributed by atoms with Gasteiger partial charge in [0.2, 0.25) is 5.91 Å². The van der Waals surface area contributed by atoms with Gasteiger partial charge in [-0.05, 0) is 78.6 Å². The number of methoxy groups -OCH3 is 1. The maximum absolute atomic E-state index is 13.7. The zero-order valence-electron chi connectivity index (χ0n) is 21.3. The first-order valence-corrected chi connectivity index (χ1v) is 13.0. The quantitative estimate of drug-likeness (QED) is 0.410. The molecule has 0 saturated heterocycles. The molecule has 0 bridgehead atoms. The molecular formula is C30H31ClN4O3. The van der Waals surface area contributed by atoms with Gasteiger partial charge in [-0.3, -0.25) is 9.59 Å². The van der Waals surface area contributed by atoms with Crippen molar-refractivity contribution >= 4 is 29.1 Å². The molecule has 196 valence electrons. The Balaban J connectivity index is 1.54. The molecular weight excluding hydrogens is 500 g/mol. The summed E-state index contributed by atoms with van der Waals surface area (Å²) in [7, 11) is 1.60. The number of hydrogen-bond donors (Lipinski definition) is 2. The molecule has 0 heterocycles. The Morgan fingerprint density at radius 2 is 1.79 bits per heavy atom. The number of nitrogens with one attached hydrogen (secondary N) is 1. The van der Waals surface area contributed by atoms with Crippen molar-refractivity contribution in [3.8, 4) is 11.8 Å². The number of carbonyl (C=O) groups excluding carboxylic acids is 2. The van der Waals surface area contributed by atoms with Crippen LogP contribution < -0.4 is 15.8 Å². The lowest BCUT2D eigenvalue weighted by Gasteiger charge is -2.38. The lowest BCUT2D eigenvalue weighted by molar-refractivity contribution is -0.115. The van der Waals surface area contributed by atoms with Crippen LogP contribution >= 0.6 is 11.6 Å². The highest BCUT2D eigenvalue weighted by Gasteiger charge is 2.32. The van der Waals surface area contributed by atoms with Crippen LogP contribution in [-0.2, 0) is 17.8 Å². The largest absolute Gasteiger partial charge is 0.497 e. The number of amides is 2. The van der Waals surface area contributed by atoms with E-state index >= 15 is 0 Å². The third kappa shape index (κ3) is 6.71. The molecule has 2 atom stereocenters. The minimum absolute atomic E-state index is 0.141. The van der Waals surface area contributed by atoms with Gasteiger partial charge in [-0.15, -0.1) is 0 Å². The predicted molar refractivity (Wildman–Crippen MR) is 148 cm³/mol. The summed E-state index contributed by atoms with van der Waals surface area (Å²) in [4.78, 5) is 28.2. The molecule has 8 heteroatoms. The van der Waals surface area contributed by atoms with E-state index in [1.807, 2.05) is 30.3 Å². The van der Waals surface area contributed by atoms with Crippen molar-refractivity contribution in [1.82, 2.24) is 4.90 Å². The van der Waals surface area contributed by atoms with E-state index in [1.165, 1.54) is 0 Å². The molecule has 0 spiro atoms. The van der Waals surface area contributed by atoms with Gasteiger partial charge in [0.05, 0.1) is 25.2 Å². The number of benzene rings is 3. The van der Waals surface area contributed by atoms with Crippen LogP contribution in [0.15, 0.2) is 66.7 Å². The van der Waals surface area contributed by atoms with Crippen molar-refractivity contribution in [2.45, 2.75) is 50.7 Å². The van der Waals surface area contributed by atoms with Crippen LogP contribution in [0.5, 0.6) is 5.75 Å². The zero-order chi connectivity index (χ0) is 27.1. The van der Waals surface area contributed by atoms with Crippen LogP contribution in [0, 0.1) is 11.3 Å². The number of nitrogens with zero attached hydrogens (tertiary/aromatic N) is 2. The van der Waals surface area contributed by atoms with E-state index in [4.69, 9.17) is 27.3 Å². The average molecular weight is 531 g/mol. The zero-order valence-corrected chi connectivity index (χ0v) is 22.1. The second-order valence-corrected chi connectivity index (χ2v) is 9.92. The van der Waals surface area contributed by atoms with E-state index in [1.54, 1.807) is 48.4 Å². The monoisotopic (exact) mass is 530 g/mol. The van der Waals surface area contributed by atoms with Gasteiger partial charge in [-0.2, -0.15) is 5.26 Å². The lowest BCUT2D eigenvalue weighted by Crippen LogP contribution is -2.51. The van der Waals surface area contributed by atoms with Gasteiger partial charge in [0.25, 0.3) is 5.91 Å².